The first-order valence-corrected chi connectivity index (χ1v) is 7.45. The number of amides is 2. The van der Waals surface area contributed by atoms with Crippen LogP contribution < -0.4 is 9.64 Å². The topological polar surface area (TPSA) is 32.8 Å². The number of rotatable bonds is 4. The number of hydrogen-bond donors (Lipinski definition) is 0. The minimum absolute atomic E-state index is 0.116. The Morgan fingerprint density at radius 2 is 1.74 bits per heavy atom. The second-order valence-corrected chi connectivity index (χ2v) is 5.14. The van der Waals surface area contributed by atoms with E-state index >= 15 is 0 Å². The lowest BCUT2D eigenvalue weighted by molar-refractivity contribution is 0.232. The molecule has 0 aliphatic heterocycles. The first-order chi connectivity index (χ1) is 11.1. The molecular weight excluding hydrogens is 288 g/mol. The monoisotopic (exact) mass is 310 g/mol. The summed E-state index contributed by atoms with van der Waals surface area (Å²) < 4.78 is 5.22. The molecule has 0 saturated heterocycles. The Kier molecular flexibility index (Phi) is 5.41. The third-order valence-electron chi connectivity index (χ3n) is 3.72. The average Bonchev–Trinajstić information content (AvgIpc) is 2.62. The number of anilines is 1. The number of nitrogens with zero attached hydrogens (tertiary/aromatic N) is 2. The molecule has 2 amide bonds. The summed E-state index contributed by atoms with van der Waals surface area (Å²) in [6, 6.07) is 17.2. The van der Waals surface area contributed by atoms with E-state index in [0.29, 0.717) is 0 Å². The molecule has 2 aromatic rings. The molecule has 0 aliphatic carbocycles. The highest BCUT2D eigenvalue weighted by molar-refractivity contribution is 5.96. The van der Waals surface area contributed by atoms with Gasteiger partial charge in [0.25, 0.3) is 0 Å². The van der Waals surface area contributed by atoms with Gasteiger partial charge < -0.3 is 4.74 Å². The van der Waals surface area contributed by atoms with Crippen LogP contribution in [0, 0.1) is 0 Å². The Hall–Kier alpha value is -2.75. The number of urea groups is 1. The zero-order valence-corrected chi connectivity index (χ0v) is 14.0. The Bertz CT molecular complexity index is 696. The first-order valence-electron chi connectivity index (χ1n) is 7.45. The van der Waals surface area contributed by atoms with Gasteiger partial charge in [-0.15, -0.1) is 0 Å². The molecule has 0 heterocycles. The van der Waals surface area contributed by atoms with Crippen LogP contribution in [0.5, 0.6) is 5.75 Å². The van der Waals surface area contributed by atoms with Gasteiger partial charge in [0, 0.05) is 31.5 Å². The van der Waals surface area contributed by atoms with Gasteiger partial charge in [0.05, 0.1) is 7.11 Å². The lowest BCUT2D eigenvalue weighted by atomic mass is 10.1. The zero-order valence-electron chi connectivity index (χ0n) is 14.0. The second-order valence-electron chi connectivity index (χ2n) is 5.14. The summed E-state index contributed by atoms with van der Waals surface area (Å²) in [7, 11) is 5.15. The van der Waals surface area contributed by atoms with Crippen LogP contribution >= 0.6 is 0 Å². The van der Waals surface area contributed by atoms with Crippen LogP contribution in [0.4, 0.5) is 10.5 Å². The molecule has 2 aromatic carbocycles. The maximum absolute atomic E-state index is 12.8. The van der Waals surface area contributed by atoms with Gasteiger partial charge in [0.15, 0.2) is 0 Å². The van der Waals surface area contributed by atoms with E-state index in [2.05, 4.69) is 0 Å². The average molecular weight is 310 g/mol. The SMILES string of the molecule is C/C=C(/c1ccccc1)N(C)C(=O)N(C)c1cccc(OC)c1. The van der Waals surface area contributed by atoms with Crippen LogP contribution in [-0.2, 0) is 0 Å². The van der Waals surface area contributed by atoms with Crippen LogP contribution in [0.1, 0.15) is 12.5 Å². The Morgan fingerprint density at radius 1 is 1.04 bits per heavy atom. The predicted molar refractivity (Wildman–Crippen MR) is 94.6 cm³/mol. The van der Waals surface area contributed by atoms with Gasteiger partial charge in [-0.1, -0.05) is 42.5 Å². The molecule has 0 aliphatic rings. The van der Waals surface area contributed by atoms with E-state index in [1.54, 1.807) is 31.0 Å². The lowest BCUT2D eigenvalue weighted by Gasteiger charge is -2.27. The largest absolute Gasteiger partial charge is 0.497 e. The highest BCUT2D eigenvalue weighted by atomic mass is 16.5. The van der Waals surface area contributed by atoms with E-state index in [1.165, 1.54) is 0 Å². The number of benzene rings is 2. The second kappa shape index (κ2) is 7.49. The molecule has 0 saturated carbocycles. The van der Waals surface area contributed by atoms with Crippen LogP contribution in [0.2, 0.25) is 0 Å². The minimum Gasteiger partial charge on any atom is -0.497 e. The maximum atomic E-state index is 12.8. The summed E-state index contributed by atoms with van der Waals surface area (Å²) in [5.74, 6) is 0.721. The van der Waals surface area contributed by atoms with Gasteiger partial charge >= 0.3 is 6.03 Å². The van der Waals surface area contributed by atoms with E-state index in [1.807, 2.05) is 67.6 Å². The molecule has 0 N–H and O–H groups in total. The zero-order chi connectivity index (χ0) is 16.8. The number of carbonyl (C=O) groups excluding carboxylic acids is 1. The van der Waals surface area contributed by atoms with Gasteiger partial charge in [-0.3, -0.25) is 9.80 Å². The molecule has 4 heteroatoms. The van der Waals surface area contributed by atoms with Crippen molar-refractivity contribution < 1.29 is 9.53 Å². The fraction of sp³-hybridized carbons (Fsp3) is 0.211. The summed E-state index contributed by atoms with van der Waals surface area (Å²) >= 11 is 0. The minimum atomic E-state index is -0.116. The van der Waals surface area contributed by atoms with E-state index in [-0.39, 0.29) is 6.03 Å². The van der Waals surface area contributed by atoms with Gasteiger partial charge in [-0.25, -0.2) is 4.79 Å². The first kappa shape index (κ1) is 16.6. The van der Waals surface area contributed by atoms with E-state index in [0.717, 1.165) is 22.7 Å². The number of carbonyl (C=O) groups is 1. The lowest BCUT2D eigenvalue weighted by Crippen LogP contribution is -2.37. The summed E-state index contributed by atoms with van der Waals surface area (Å²) in [6.45, 7) is 1.93. The molecule has 0 aromatic heterocycles. The van der Waals surface area contributed by atoms with Gasteiger partial charge in [0.2, 0.25) is 0 Å². The number of hydrogen-bond acceptors (Lipinski definition) is 2. The highest BCUT2D eigenvalue weighted by Gasteiger charge is 2.19. The smallest absolute Gasteiger partial charge is 0.328 e. The fourth-order valence-corrected chi connectivity index (χ4v) is 2.42. The summed E-state index contributed by atoms with van der Waals surface area (Å²) in [5.41, 5.74) is 2.65. The predicted octanol–water partition coefficient (Wildman–Crippen LogP) is 4.24. The molecular formula is C19H22N2O2. The molecule has 120 valence electrons. The molecule has 0 unspecified atom stereocenters. The fourth-order valence-electron chi connectivity index (χ4n) is 2.42. The molecule has 0 bridgehead atoms. The molecule has 0 radical (unpaired) electrons. The van der Waals surface area contributed by atoms with Crippen LogP contribution in [-0.4, -0.2) is 32.1 Å². The molecule has 0 atom stereocenters. The molecule has 4 nitrogen and oxygen atoms in total. The quantitative estimate of drug-likeness (QED) is 0.846. The third-order valence-corrected chi connectivity index (χ3v) is 3.72. The molecule has 0 spiro atoms. The van der Waals surface area contributed by atoms with Crippen molar-refractivity contribution >= 4 is 17.4 Å². The van der Waals surface area contributed by atoms with Crippen molar-refractivity contribution in [3.05, 3.63) is 66.2 Å². The molecule has 2 rings (SSSR count). The summed E-state index contributed by atoms with van der Waals surface area (Å²) in [4.78, 5) is 16.0. The van der Waals surface area contributed by atoms with Gasteiger partial charge in [-0.05, 0) is 24.6 Å². The van der Waals surface area contributed by atoms with Gasteiger partial charge in [-0.2, -0.15) is 0 Å². The van der Waals surface area contributed by atoms with E-state index < -0.39 is 0 Å². The van der Waals surface area contributed by atoms with E-state index in [4.69, 9.17) is 4.74 Å². The number of allylic oxidation sites excluding steroid dienone is 1. The molecule has 0 fully saturated rings. The van der Waals surface area contributed by atoms with Crippen LogP contribution in [0.3, 0.4) is 0 Å². The standard InChI is InChI=1S/C19H22N2O2/c1-5-18(15-10-7-6-8-11-15)21(3)19(22)20(2)16-12-9-13-17(14-16)23-4/h5-14H,1-4H3/b18-5-. The van der Waals surface area contributed by atoms with Crippen molar-refractivity contribution in [3.63, 3.8) is 0 Å². The summed E-state index contributed by atoms with van der Waals surface area (Å²) in [6.07, 6.45) is 1.94. The molecule has 23 heavy (non-hydrogen) atoms. The normalized spacial score (nSPS) is 11.0. The van der Waals surface area contributed by atoms with Crippen molar-refractivity contribution in [2.75, 3.05) is 26.1 Å². The third kappa shape index (κ3) is 3.72. The summed E-state index contributed by atoms with van der Waals surface area (Å²) in [5, 5.41) is 0. The Morgan fingerprint density at radius 3 is 2.35 bits per heavy atom. The number of ether oxygens (including phenoxy) is 1. The highest BCUT2D eigenvalue weighted by Crippen LogP contribution is 2.24. The van der Waals surface area contributed by atoms with Crippen LogP contribution in [0.15, 0.2) is 60.7 Å². The van der Waals surface area contributed by atoms with Crippen LogP contribution in [0.25, 0.3) is 5.70 Å². The van der Waals surface area contributed by atoms with E-state index in [9.17, 15) is 4.79 Å². The Balaban J connectivity index is 2.24. The van der Waals surface area contributed by atoms with Gasteiger partial charge in [0.1, 0.15) is 5.75 Å². The van der Waals surface area contributed by atoms with Crippen molar-refractivity contribution in [2.24, 2.45) is 0 Å². The Labute approximate surface area is 137 Å². The van der Waals surface area contributed by atoms with Crippen molar-refractivity contribution in [2.45, 2.75) is 6.92 Å². The maximum Gasteiger partial charge on any atom is 0.328 e. The van der Waals surface area contributed by atoms with Crippen molar-refractivity contribution in [1.29, 1.82) is 0 Å². The van der Waals surface area contributed by atoms with Crippen molar-refractivity contribution in [3.8, 4) is 5.75 Å². The number of methoxy groups -OCH3 is 1. The van der Waals surface area contributed by atoms with Crippen molar-refractivity contribution in [1.82, 2.24) is 4.90 Å².